The molecule has 0 aromatic heterocycles. The monoisotopic (exact) mass is 1800 g/mol. The zero-order valence-corrected chi connectivity index (χ0v) is 85.8. The molecule has 23 heteroatoms. The van der Waals surface area contributed by atoms with Crippen molar-refractivity contribution in [1.82, 2.24) is 0 Å². The number of ether oxygens (including phenoxy) is 22. The molecule has 0 saturated heterocycles. The van der Waals surface area contributed by atoms with E-state index in [0.717, 1.165) is 109 Å². The van der Waals surface area contributed by atoms with E-state index in [9.17, 15) is 0 Å². The van der Waals surface area contributed by atoms with Gasteiger partial charge in [-0.3, -0.25) is 0 Å². The van der Waals surface area contributed by atoms with Gasteiger partial charge in [0.1, 0.15) is 54.9 Å². The van der Waals surface area contributed by atoms with Gasteiger partial charge in [0.15, 0.2) is 0 Å². The maximum absolute atomic E-state index is 7.23. The standard InChI is InChI=1S/C102H207NO22/c1-25-81(13)47-105-59-93(117-53-87(19)31-7)62-111-65-96(123-74-99(120-56-90(22)34-10)68-108-50-84(16)28-4)71-114-78-102(77-104-46-44-42-40-38-37-39-41-43-45-103,79-115-72-97(124-75-100(121-57-91(23)35-11)69-109-51-85(17)29-5)66-112-63-94(118-54-88(20)32-8)60-106-48-82(14)26-2)80-116-73-98(125-76-101(122-58-92(24)36-12)70-110-52-86(18)30-6)67-113-64-95(119-55-89(21)33-9)61-107-49-83(15)27-3/h81-101H,25-80,103H2,1-24H3. The van der Waals surface area contributed by atoms with Crippen LogP contribution in [0.2, 0.25) is 0 Å². The smallest absolute Gasteiger partial charge is 0.104 e. The van der Waals surface area contributed by atoms with Crippen LogP contribution in [0.5, 0.6) is 0 Å². The topological polar surface area (TPSA) is 229 Å². The van der Waals surface area contributed by atoms with Gasteiger partial charge in [-0.05, 0) is 90.4 Å². The summed E-state index contributed by atoms with van der Waals surface area (Å²) in [5.41, 5.74) is 4.93. The minimum Gasteiger partial charge on any atom is -0.381 e. The van der Waals surface area contributed by atoms with E-state index in [1.165, 1.54) is 25.7 Å². The van der Waals surface area contributed by atoms with Gasteiger partial charge in [-0.25, -0.2) is 0 Å². The maximum atomic E-state index is 7.23. The zero-order valence-electron chi connectivity index (χ0n) is 85.8. The van der Waals surface area contributed by atoms with Gasteiger partial charge in [0.25, 0.3) is 0 Å². The van der Waals surface area contributed by atoms with Crippen LogP contribution >= 0.6 is 0 Å². The van der Waals surface area contributed by atoms with E-state index in [0.29, 0.717) is 216 Å². The highest BCUT2D eigenvalue weighted by Gasteiger charge is 2.35. The van der Waals surface area contributed by atoms with Crippen LogP contribution in [0.4, 0.5) is 0 Å². The summed E-state index contributed by atoms with van der Waals surface area (Å²) >= 11 is 0. The van der Waals surface area contributed by atoms with E-state index in [4.69, 9.17) is 110 Å². The minimum atomic E-state index is -0.944. The van der Waals surface area contributed by atoms with Crippen LogP contribution in [0.25, 0.3) is 0 Å². The van der Waals surface area contributed by atoms with Crippen molar-refractivity contribution in [3.05, 3.63) is 0 Å². The molecule has 0 fully saturated rings. The van der Waals surface area contributed by atoms with Crippen molar-refractivity contribution < 1.29 is 104 Å². The Kier molecular flexibility index (Phi) is 85.3. The first-order valence-corrected chi connectivity index (χ1v) is 51.1. The van der Waals surface area contributed by atoms with Crippen LogP contribution in [0.3, 0.4) is 0 Å². The number of hydrogen-bond donors (Lipinski definition) is 1. The summed E-state index contributed by atoms with van der Waals surface area (Å²) in [5, 5.41) is 0. The van der Waals surface area contributed by atoms with E-state index < -0.39 is 23.7 Å². The molecular formula is C102H207NO22. The Morgan fingerprint density at radius 2 is 0.304 bits per heavy atom. The largest absolute Gasteiger partial charge is 0.381 e. The summed E-state index contributed by atoms with van der Waals surface area (Å²) in [4.78, 5) is 0. The summed E-state index contributed by atoms with van der Waals surface area (Å²) in [6, 6.07) is 0. The zero-order chi connectivity index (χ0) is 92.8. The highest BCUT2D eigenvalue weighted by Crippen LogP contribution is 2.25. The normalized spacial score (nSPS) is 17.9. The second kappa shape index (κ2) is 86.0. The first-order chi connectivity index (χ1) is 60.4. The average Bonchev–Trinajstić information content (AvgIpc) is 0.857. The van der Waals surface area contributed by atoms with Gasteiger partial charge < -0.3 is 110 Å². The number of unbranched alkanes of at least 4 members (excludes halogenated alkanes) is 7. The van der Waals surface area contributed by atoms with Gasteiger partial charge in [0, 0.05) is 85.9 Å². The fraction of sp³-hybridized carbons (Fsp3) is 1.00. The third kappa shape index (κ3) is 73.1. The second-order valence-electron chi connectivity index (χ2n) is 38.3. The maximum Gasteiger partial charge on any atom is 0.104 e. The number of hydrogen-bond acceptors (Lipinski definition) is 23. The predicted octanol–water partition coefficient (Wildman–Crippen LogP) is 20.3. The molecular weight excluding hydrogens is 1590 g/mol. The molecule has 21 atom stereocenters. The molecule has 0 aromatic carbocycles. The van der Waals surface area contributed by atoms with Gasteiger partial charge >= 0.3 is 0 Å². The van der Waals surface area contributed by atoms with E-state index >= 15 is 0 Å². The molecule has 23 nitrogen and oxygen atoms in total. The molecule has 0 amide bonds. The van der Waals surface area contributed by atoms with E-state index in [2.05, 4.69) is 166 Å². The predicted molar refractivity (Wildman–Crippen MR) is 510 cm³/mol. The Balaban J connectivity index is 8.83. The van der Waals surface area contributed by atoms with Gasteiger partial charge in [0.2, 0.25) is 0 Å². The number of nitrogens with two attached hydrogens (primary N) is 1. The number of rotatable bonds is 99. The molecule has 0 heterocycles. The van der Waals surface area contributed by atoms with E-state index in [-0.39, 0.29) is 123 Å². The summed E-state index contributed by atoms with van der Waals surface area (Å²) in [6.07, 6.45) is 17.4. The van der Waals surface area contributed by atoms with Gasteiger partial charge in [0.05, 0.1) is 151 Å². The fourth-order valence-electron chi connectivity index (χ4n) is 11.8. The van der Waals surface area contributed by atoms with E-state index in [1.807, 2.05) is 0 Å². The van der Waals surface area contributed by atoms with Gasteiger partial charge in [-0.15, -0.1) is 0 Å². The second-order valence-corrected chi connectivity index (χ2v) is 38.3. The Labute approximate surface area is 769 Å². The van der Waals surface area contributed by atoms with Crippen LogP contribution in [0.1, 0.15) is 295 Å². The lowest BCUT2D eigenvalue weighted by Gasteiger charge is -2.35. The molecule has 125 heavy (non-hydrogen) atoms. The lowest BCUT2D eigenvalue weighted by molar-refractivity contribution is -0.161. The van der Waals surface area contributed by atoms with Crippen molar-refractivity contribution in [3.8, 4) is 0 Å². The Bertz CT molecular complexity index is 1990. The molecule has 0 bridgehead atoms. The van der Waals surface area contributed by atoms with Gasteiger partial charge in [-0.1, -0.05) is 282 Å². The summed E-state index contributed by atoms with van der Waals surface area (Å²) in [7, 11) is 0. The van der Waals surface area contributed by atoms with Crippen molar-refractivity contribution in [2.75, 3.05) is 238 Å². The molecule has 0 aliphatic carbocycles. The molecule has 21 unspecified atom stereocenters. The Morgan fingerprint density at radius 1 is 0.160 bits per heavy atom. The molecule has 0 spiro atoms. The first-order valence-electron chi connectivity index (χ1n) is 51.1. The van der Waals surface area contributed by atoms with Crippen LogP contribution in [0.15, 0.2) is 0 Å². The minimum absolute atomic E-state index is 0.144. The van der Waals surface area contributed by atoms with Crippen molar-refractivity contribution in [2.45, 2.75) is 350 Å². The highest BCUT2D eigenvalue weighted by molar-refractivity contribution is 4.82. The molecule has 752 valence electrons. The quantitative estimate of drug-likeness (QED) is 0.0558. The van der Waals surface area contributed by atoms with Crippen molar-refractivity contribution in [3.63, 3.8) is 0 Å². The molecule has 0 aliphatic rings. The summed E-state index contributed by atoms with van der Waals surface area (Å²) in [6.45, 7) is 67.3. The van der Waals surface area contributed by atoms with Crippen LogP contribution in [-0.2, 0) is 104 Å². The molecule has 0 saturated carbocycles. The Hall–Kier alpha value is -0.920. The fourth-order valence-corrected chi connectivity index (χ4v) is 11.8. The lowest BCUT2D eigenvalue weighted by atomic mass is 9.92. The summed E-state index contributed by atoms with van der Waals surface area (Å²) < 4.78 is 148. The first kappa shape index (κ1) is 124. The third-order valence-electron chi connectivity index (χ3n) is 24.5. The SMILES string of the molecule is CCC(C)COCC(COCC(COCC(COCCCCCCCCCCN)(COCC(COCC(COCC(C)CC)OCC(C)CC)OCC(COCC(C)CC)OCC(C)CC)COCC(COCC(COCC(C)CC)OCC(C)CC)OCC(COCC(C)CC)OCC(C)CC)OCC(COCC(C)CC)OCC(C)CC)OCC(C)CC. The van der Waals surface area contributed by atoms with Crippen LogP contribution in [0, 0.1) is 76.4 Å². The van der Waals surface area contributed by atoms with Crippen molar-refractivity contribution >= 4 is 0 Å². The lowest BCUT2D eigenvalue weighted by Crippen LogP contribution is -2.45. The van der Waals surface area contributed by atoms with Crippen LogP contribution in [-0.4, -0.2) is 293 Å². The van der Waals surface area contributed by atoms with E-state index in [1.54, 1.807) is 0 Å². The average molecular weight is 1800 g/mol. The summed E-state index contributed by atoms with van der Waals surface area (Å²) in [5.74, 6) is 4.63. The highest BCUT2D eigenvalue weighted by atomic mass is 16.6. The van der Waals surface area contributed by atoms with Gasteiger partial charge in [-0.2, -0.15) is 0 Å². The molecule has 0 aliphatic heterocycles. The van der Waals surface area contributed by atoms with Crippen molar-refractivity contribution in [2.24, 2.45) is 82.2 Å². The molecule has 0 radical (unpaired) electrons. The van der Waals surface area contributed by atoms with Crippen LogP contribution < -0.4 is 5.73 Å². The van der Waals surface area contributed by atoms with Crippen molar-refractivity contribution in [1.29, 1.82) is 0 Å². The molecule has 0 aromatic rings. The molecule has 0 rings (SSSR count). The molecule has 2 N–H and O–H groups in total. The Morgan fingerprint density at radius 3 is 0.496 bits per heavy atom. The third-order valence-corrected chi connectivity index (χ3v) is 24.5.